The van der Waals surface area contributed by atoms with Crippen LogP contribution in [-0.2, 0) is 9.47 Å². The summed E-state index contributed by atoms with van der Waals surface area (Å²) < 4.78 is 12.9. The topological polar surface area (TPSA) is 92.7 Å². The Morgan fingerprint density at radius 1 is 1.25 bits per heavy atom. The fraction of sp³-hybridized carbons (Fsp3) is 0.593. The Bertz CT molecular complexity index is 1290. The molecular formula is C27H37N5O4. The number of aryl methyl sites for hydroxylation is 1. The number of fused-ring (bicyclic) bond motifs is 3. The van der Waals surface area contributed by atoms with E-state index < -0.39 is 0 Å². The van der Waals surface area contributed by atoms with Crippen LogP contribution in [0.3, 0.4) is 0 Å². The summed E-state index contributed by atoms with van der Waals surface area (Å²) in [5.74, 6) is 0.0480. The van der Waals surface area contributed by atoms with Gasteiger partial charge in [-0.1, -0.05) is 0 Å². The molecule has 36 heavy (non-hydrogen) atoms. The molecule has 4 heterocycles. The van der Waals surface area contributed by atoms with E-state index in [1.807, 2.05) is 35.6 Å². The molecule has 3 aromatic rings. The van der Waals surface area contributed by atoms with Crippen molar-refractivity contribution in [1.82, 2.24) is 24.6 Å². The lowest BCUT2D eigenvalue weighted by molar-refractivity contribution is 0.0502. The molecule has 2 aliphatic heterocycles. The fourth-order valence-corrected chi connectivity index (χ4v) is 5.56. The van der Waals surface area contributed by atoms with E-state index in [1.165, 1.54) is 0 Å². The number of hydrogen-bond acceptors (Lipinski definition) is 6. The quantitative estimate of drug-likeness (QED) is 0.483. The molecule has 9 heteroatoms. The van der Waals surface area contributed by atoms with E-state index in [0.29, 0.717) is 43.3 Å². The van der Waals surface area contributed by atoms with Crippen LogP contribution >= 0.6 is 0 Å². The Morgan fingerprint density at radius 3 is 2.86 bits per heavy atom. The Balaban J connectivity index is 1.39. The number of ether oxygens (including phenoxy) is 2. The van der Waals surface area contributed by atoms with Crippen molar-refractivity contribution in [2.45, 2.75) is 52.1 Å². The third-order valence-electron chi connectivity index (χ3n) is 7.63. The zero-order valence-corrected chi connectivity index (χ0v) is 21.6. The summed E-state index contributed by atoms with van der Waals surface area (Å²) in [6.07, 6.45) is 4.66. The first kappa shape index (κ1) is 24.9. The van der Waals surface area contributed by atoms with Gasteiger partial charge in [0, 0.05) is 56.4 Å². The smallest absolute Gasteiger partial charge is 0.259 e. The highest BCUT2D eigenvalue weighted by molar-refractivity contribution is 6.07. The second-order valence-electron chi connectivity index (χ2n) is 10.1. The van der Waals surface area contributed by atoms with Crippen LogP contribution in [-0.4, -0.2) is 89.1 Å². The number of benzene rings is 1. The highest BCUT2D eigenvalue weighted by Gasteiger charge is 2.29. The zero-order valence-electron chi connectivity index (χ0n) is 21.6. The SMILES string of the molecule is CCOCCCCN1CCN(C(=O)c2cc3c(cc2C)[nH]c(=O)c2cnn([C@H]4CCOC4)c23)C[C@H]1C. The molecule has 2 saturated heterocycles. The summed E-state index contributed by atoms with van der Waals surface area (Å²) in [6, 6.07) is 4.27. The lowest BCUT2D eigenvalue weighted by Gasteiger charge is -2.40. The number of H-pyrrole nitrogens is 1. The minimum atomic E-state index is -0.160. The molecule has 2 fully saturated rings. The van der Waals surface area contributed by atoms with Gasteiger partial charge >= 0.3 is 0 Å². The van der Waals surface area contributed by atoms with E-state index >= 15 is 0 Å². The van der Waals surface area contributed by atoms with Crippen molar-refractivity contribution < 1.29 is 14.3 Å². The van der Waals surface area contributed by atoms with Gasteiger partial charge in [0.1, 0.15) is 0 Å². The minimum absolute atomic E-state index is 0.0480. The number of carbonyl (C=O) groups is 1. The Kier molecular flexibility index (Phi) is 7.41. The lowest BCUT2D eigenvalue weighted by Crippen LogP contribution is -2.53. The summed E-state index contributed by atoms with van der Waals surface area (Å²) in [7, 11) is 0. The number of hydrogen-bond donors (Lipinski definition) is 1. The predicted octanol–water partition coefficient (Wildman–Crippen LogP) is 3.11. The number of carbonyl (C=O) groups excluding carboxylic acids is 1. The Hall–Kier alpha value is -2.75. The minimum Gasteiger partial charge on any atom is -0.382 e. The third-order valence-corrected chi connectivity index (χ3v) is 7.63. The van der Waals surface area contributed by atoms with Crippen LogP contribution in [0.4, 0.5) is 0 Å². The summed E-state index contributed by atoms with van der Waals surface area (Å²) >= 11 is 0. The molecular weight excluding hydrogens is 458 g/mol. The van der Waals surface area contributed by atoms with Crippen LogP contribution in [0.25, 0.3) is 21.8 Å². The summed E-state index contributed by atoms with van der Waals surface area (Å²) in [5.41, 5.74) is 2.90. The first-order valence-electron chi connectivity index (χ1n) is 13.2. The maximum atomic E-state index is 13.7. The van der Waals surface area contributed by atoms with E-state index in [0.717, 1.165) is 67.5 Å². The number of pyridine rings is 1. The number of aromatic amines is 1. The largest absolute Gasteiger partial charge is 0.382 e. The number of rotatable bonds is 8. The van der Waals surface area contributed by atoms with Gasteiger partial charge in [0.2, 0.25) is 0 Å². The van der Waals surface area contributed by atoms with Gasteiger partial charge in [0.25, 0.3) is 11.5 Å². The maximum absolute atomic E-state index is 13.7. The number of unbranched alkanes of at least 4 members (excludes halogenated alkanes) is 1. The van der Waals surface area contributed by atoms with Gasteiger partial charge in [-0.25, -0.2) is 0 Å². The standard InChI is InChI=1S/C27H37N5O4/c1-4-35-11-6-5-8-30-9-10-31(16-19(30)3)27(34)21-14-22-24(13-18(21)2)29-26(33)23-15-28-32(25(22)23)20-7-12-36-17-20/h13-15,19-20H,4-12,16-17H2,1-3H3,(H,29,33)/t19-,20+/m1/s1. The molecule has 2 aromatic heterocycles. The summed E-state index contributed by atoms with van der Waals surface area (Å²) in [5, 5.41) is 5.94. The fourth-order valence-electron chi connectivity index (χ4n) is 5.56. The maximum Gasteiger partial charge on any atom is 0.259 e. The van der Waals surface area contributed by atoms with Crippen LogP contribution in [0.15, 0.2) is 23.1 Å². The number of nitrogens with zero attached hydrogens (tertiary/aromatic N) is 4. The molecule has 5 rings (SSSR count). The van der Waals surface area contributed by atoms with Crippen molar-refractivity contribution in [3.8, 4) is 0 Å². The lowest BCUT2D eigenvalue weighted by atomic mass is 10.0. The molecule has 2 aliphatic rings. The van der Waals surface area contributed by atoms with Crippen molar-refractivity contribution in [2.24, 2.45) is 0 Å². The number of aromatic nitrogens is 3. The zero-order chi connectivity index (χ0) is 25.2. The second kappa shape index (κ2) is 10.7. The van der Waals surface area contributed by atoms with Crippen molar-refractivity contribution in [3.63, 3.8) is 0 Å². The van der Waals surface area contributed by atoms with Crippen LogP contribution < -0.4 is 5.56 Å². The highest BCUT2D eigenvalue weighted by atomic mass is 16.5. The number of amides is 1. The van der Waals surface area contributed by atoms with E-state index in [2.05, 4.69) is 21.9 Å². The van der Waals surface area contributed by atoms with Gasteiger partial charge in [-0.15, -0.1) is 0 Å². The van der Waals surface area contributed by atoms with E-state index in [-0.39, 0.29) is 17.5 Å². The second-order valence-corrected chi connectivity index (χ2v) is 10.1. The molecule has 9 nitrogen and oxygen atoms in total. The molecule has 2 atom stereocenters. The average Bonchev–Trinajstić information content (AvgIpc) is 3.55. The van der Waals surface area contributed by atoms with Gasteiger partial charge in [-0.2, -0.15) is 5.10 Å². The Labute approximate surface area is 211 Å². The van der Waals surface area contributed by atoms with Crippen molar-refractivity contribution >= 4 is 27.7 Å². The molecule has 0 unspecified atom stereocenters. The molecule has 0 aliphatic carbocycles. The van der Waals surface area contributed by atoms with Gasteiger partial charge in [0.15, 0.2) is 0 Å². The van der Waals surface area contributed by atoms with E-state index in [1.54, 1.807) is 6.20 Å². The van der Waals surface area contributed by atoms with Crippen molar-refractivity contribution in [2.75, 3.05) is 52.6 Å². The average molecular weight is 496 g/mol. The molecule has 1 aromatic carbocycles. The molecule has 194 valence electrons. The van der Waals surface area contributed by atoms with Crippen LogP contribution in [0.5, 0.6) is 0 Å². The molecule has 1 N–H and O–H groups in total. The molecule has 0 spiro atoms. The van der Waals surface area contributed by atoms with Crippen molar-refractivity contribution in [3.05, 3.63) is 39.8 Å². The highest BCUT2D eigenvalue weighted by Crippen LogP contribution is 2.29. The van der Waals surface area contributed by atoms with Crippen LogP contribution in [0.1, 0.15) is 55.1 Å². The molecule has 0 bridgehead atoms. The van der Waals surface area contributed by atoms with Crippen LogP contribution in [0, 0.1) is 6.92 Å². The normalized spacial score (nSPS) is 21.1. The number of piperazine rings is 1. The van der Waals surface area contributed by atoms with Gasteiger partial charge in [0.05, 0.1) is 35.3 Å². The number of nitrogens with one attached hydrogen (secondary N) is 1. The molecule has 0 radical (unpaired) electrons. The van der Waals surface area contributed by atoms with Gasteiger partial charge < -0.3 is 19.4 Å². The van der Waals surface area contributed by atoms with Crippen LogP contribution in [0.2, 0.25) is 0 Å². The van der Waals surface area contributed by atoms with Crippen molar-refractivity contribution in [1.29, 1.82) is 0 Å². The summed E-state index contributed by atoms with van der Waals surface area (Å²) in [6.45, 7) is 12.3. The third kappa shape index (κ3) is 4.79. The van der Waals surface area contributed by atoms with E-state index in [9.17, 15) is 9.59 Å². The van der Waals surface area contributed by atoms with E-state index in [4.69, 9.17) is 9.47 Å². The Morgan fingerprint density at radius 2 is 2.11 bits per heavy atom. The molecule has 1 amide bonds. The first-order valence-corrected chi connectivity index (χ1v) is 13.2. The first-order chi connectivity index (χ1) is 17.5. The van der Waals surface area contributed by atoms with Gasteiger partial charge in [-0.05, 0) is 64.3 Å². The van der Waals surface area contributed by atoms with Gasteiger partial charge in [-0.3, -0.25) is 19.2 Å². The predicted molar refractivity (Wildman–Crippen MR) is 140 cm³/mol. The monoisotopic (exact) mass is 495 g/mol. The summed E-state index contributed by atoms with van der Waals surface area (Å²) in [4.78, 5) is 33.9. The molecule has 0 saturated carbocycles.